The van der Waals surface area contributed by atoms with Gasteiger partial charge in [-0.1, -0.05) is 30.3 Å². The summed E-state index contributed by atoms with van der Waals surface area (Å²) in [7, 11) is 0. The standard InChI is InChI=1S/C20H18N4O5/c25-23(26)15-11-9-13(10-12-15)18-19-16(22-21-14-5-2-1-3-6-14)7-4-8-17(19)29-20(18)24(27)28/h1-3,5-6,9-12,18,20-21H,4,7-8H2/b22-16-/t18-,20+/m1/s1. The van der Waals surface area contributed by atoms with Gasteiger partial charge in [0.15, 0.2) is 0 Å². The van der Waals surface area contributed by atoms with E-state index < -0.39 is 22.0 Å². The zero-order chi connectivity index (χ0) is 20.4. The second-order valence-electron chi connectivity index (χ2n) is 6.85. The van der Waals surface area contributed by atoms with Gasteiger partial charge in [0, 0.05) is 24.1 Å². The zero-order valence-electron chi connectivity index (χ0n) is 15.4. The van der Waals surface area contributed by atoms with E-state index in [9.17, 15) is 20.2 Å². The number of anilines is 1. The second-order valence-corrected chi connectivity index (χ2v) is 6.85. The smallest absolute Gasteiger partial charge is 0.364 e. The minimum Gasteiger partial charge on any atom is -0.433 e. The number of nitro groups is 2. The summed E-state index contributed by atoms with van der Waals surface area (Å²) in [4.78, 5) is 21.7. The number of hydrogen-bond donors (Lipinski definition) is 1. The van der Waals surface area contributed by atoms with Crippen molar-refractivity contribution in [2.45, 2.75) is 31.4 Å². The summed E-state index contributed by atoms with van der Waals surface area (Å²) in [5, 5.41) is 27.1. The van der Waals surface area contributed by atoms with E-state index >= 15 is 0 Å². The van der Waals surface area contributed by atoms with Gasteiger partial charge in [0.05, 0.1) is 21.2 Å². The molecule has 1 aliphatic heterocycles. The number of rotatable bonds is 5. The molecule has 9 heteroatoms. The lowest BCUT2D eigenvalue weighted by molar-refractivity contribution is -0.570. The normalized spacial score (nSPS) is 22.1. The van der Waals surface area contributed by atoms with Crippen LogP contribution in [-0.2, 0) is 4.74 Å². The van der Waals surface area contributed by atoms with Crippen molar-refractivity contribution in [1.82, 2.24) is 0 Å². The molecule has 0 aromatic heterocycles. The average molecular weight is 394 g/mol. The lowest BCUT2D eigenvalue weighted by Gasteiger charge is -2.19. The number of para-hydroxylation sites is 1. The number of non-ortho nitro benzene ring substituents is 1. The Bertz CT molecular complexity index is 1000. The first-order valence-corrected chi connectivity index (χ1v) is 9.20. The second kappa shape index (κ2) is 7.70. The molecule has 9 nitrogen and oxygen atoms in total. The molecule has 29 heavy (non-hydrogen) atoms. The summed E-state index contributed by atoms with van der Waals surface area (Å²) >= 11 is 0. The van der Waals surface area contributed by atoms with Gasteiger partial charge in [-0.3, -0.25) is 25.7 Å². The molecule has 0 spiro atoms. The van der Waals surface area contributed by atoms with Gasteiger partial charge in [0.1, 0.15) is 11.7 Å². The summed E-state index contributed by atoms with van der Waals surface area (Å²) in [5.74, 6) is -0.0904. The molecule has 0 unspecified atom stereocenters. The van der Waals surface area contributed by atoms with E-state index in [2.05, 4.69) is 10.5 Å². The van der Waals surface area contributed by atoms with Crippen molar-refractivity contribution in [1.29, 1.82) is 0 Å². The van der Waals surface area contributed by atoms with Crippen LogP contribution >= 0.6 is 0 Å². The van der Waals surface area contributed by atoms with Gasteiger partial charge >= 0.3 is 6.23 Å². The van der Waals surface area contributed by atoms with E-state index in [-0.39, 0.29) is 5.69 Å². The minimum absolute atomic E-state index is 0.0669. The van der Waals surface area contributed by atoms with Gasteiger partial charge in [-0.2, -0.15) is 5.10 Å². The van der Waals surface area contributed by atoms with Crippen LogP contribution in [0.2, 0.25) is 0 Å². The average Bonchev–Trinajstić information content (AvgIpc) is 3.13. The van der Waals surface area contributed by atoms with Crippen molar-refractivity contribution in [3.05, 3.63) is 91.7 Å². The van der Waals surface area contributed by atoms with Crippen molar-refractivity contribution in [2.24, 2.45) is 5.10 Å². The first kappa shape index (κ1) is 18.6. The van der Waals surface area contributed by atoms with E-state index in [1.165, 1.54) is 12.1 Å². The van der Waals surface area contributed by atoms with Crippen molar-refractivity contribution in [3.63, 3.8) is 0 Å². The molecule has 0 bridgehead atoms. The number of nitrogens with one attached hydrogen (secondary N) is 1. The van der Waals surface area contributed by atoms with Crippen LogP contribution < -0.4 is 5.43 Å². The van der Waals surface area contributed by atoms with Gasteiger partial charge in [0.25, 0.3) is 5.69 Å². The Morgan fingerprint density at radius 3 is 2.38 bits per heavy atom. The molecular formula is C20H18N4O5. The van der Waals surface area contributed by atoms with Gasteiger partial charge in [-0.25, -0.2) is 0 Å². The number of nitro benzene ring substituents is 1. The number of hydrogen-bond acceptors (Lipinski definition) is 7. The Balaban J connectivity index is 1.71. The van der Waals surface area contributed by atoms with Crippen LogP contribution in [-0.4, -0.2) is 21.8 Å². The topological polar surface area (TPSA) is 120 Å². The van der Waals surface area contributed by atoms with Crippen molar-refractivity contribution in [2.75, 3.05) is 5.43 Å². The van der Waals surface area contributed by atoms with E-state index in [4.69, 9.17) is 4.74 Å². The Labute approximate surface area is 166 Å². The molecule has 148 valence electrons. The molecule has 1 N–H and O–H groups in total. The molecule has 0 radical (unpaired) electrons. The summed E-state index contributed by atoms with van der Waals surface area (Å²) in [6.45, 7) is 0. The van der Waals surface area contributed by atoms with Crippen LogP contribution in [0, 0.1) is 20.2 Å². The Kier molecular flexibility index (Phi) is 4.94. The Morgan fingerprint density at radius 2 is 1.72 bits per heavy atom. The third-order valence-corrected chi connectivity index (χ3v) is 5.05. The molecule has 0 fully saturated rings. The maximum absolute atomic E-state index is 11.7. The number of nitrogens with zero attached hydrogens (tertiary/aromatic N) is 3. The SMILES string of the molecule is O=[N+]([O-])c1ccc([C@@H]2C3=C(CCC/C3=N/Nc3ccccc3)O[C@@H]2[N+](=O)[O-])cc1. The van der Waals surface area contributed by atoms with E-state index in [1.54, 1.807) is 12.1 Å². The molecule has 0 amide bonds. The fourth-order valence-corrected chi connectivity index (χ4v) is 3.74. The number of ether oxygens (including phenoxy) is 1. The number of benzene rings is 2. The summed E-state index contributed by atoms with van der Waals surface area (Å²) < 4.78 is 5.69. The largest absolute Gasteiger partial charge is 0.433 e. The molecule has 2 aromatic carbocycles. The van der Waals surface area contributed by atoms with Crippen LogP contribution in [0.4, 0.5) is 11.4 Å². The molecule has 2 aliphatic rings. The summed E-state index contributed by atoms with van der Waals surface area (Å²) in [6, 6.07) is 15.2. The molecular weight excluding hydrogens is 376 g/mol. The maximum atomic E-state index is 11.7. The van der Waals surface area contributed by atoms with Crippen LogP contribution in [0.25, 0.3) is 0 Å². The first-order valence-electron chi connectivity index (χ1n) is 9.20. The molecule has 4 rings (SSSR count). The van der Waals surface area contributed by atoms with E-state index in [0.717, 1.165) is 12.1 Å². The lowest BCUT2D eigenvalue weighted by Crippen LogP contribution is -2.27. The van der Waals surface area contributed by atoms with Crippen LogP contribution in [0.1, 0.15) is 30.7 Å². The van der Waals surface area contributed by atoms with Gasteiger partial charge in [-0.15, -0.1) is 0 Å². The number of allylic oxidation sites excluding steroid dienone is 1. The van der Waals surface area contributed by atoms with Crippen LogP contribution in [0.3, 0.4) is 0 Å². The third-order valence-electron chi connectivity index (χ3n) is 5.05. The van der Waals surface area contributed by atoms with Gasteiger partial charge in [-0.05, 0) is 30.5 Å². The number of hydrazone groups is 1. The first-order chi connectivity index (χ1) is 14.0. The highest BCUT2D eigenvalue weighted by Crippen LogP contribution is 2.44. The lowest BCUT2D eigenvalue weighted by atomic mass is 9.83. The highest BCUT2D eigenvalue weighted by molar-refractivity contribution is 6.03. The zero-order valence-corrected chi connectivity index (χ0v) is 15.4. The maximum Gasteiger partial charge on any atom is 0.364 e. The highest BCUT2D eigenvalue weighted by atomic mass is 16.7. The van der Waals surface area contributed by atoms with E-state index in [0.29, 0.717) is 35.4 Å². The molecule has 1 aliphatic carbocycles. The van der Waals surface area contributed by atoms with Crippen molar-refractivity contribution < 1.29 is 14.6 Å². The molecule has 0 saturated carbocycles. The minimum atomic E-state index is -1.28. The fraction of sp³-hybridized carbons (Fsp3) is 0.250. The summed E-state index contributed by atoms with van der Waals surface area (Å²) in [5.41, 5.74) is 5.76. The molecule has 2 aromatic rings. The predicted molar refractivity (Wildman–Crippen MR) is 106 cm³/mol. The Hall–Kier alpha value is -3.75. The van der Waals surface area contributed by atoms with Crippen LogP contribution in [0.5, 0.6) is 0 Å². The monoisotopic (exact) mass is 394 g/mol. The van der Waals surface area contributed by atoms with Crippen molar-refractivity contribution in [3.8, 4) is 0 Å². The fourth-order valence-electron chi connectivity index (χ4n) is 3.74. The van der Waals surface area contributed by atoms with Gasteiger partial charge < -0.3 is 4.74 Å². The third kappa shape index (κ3) is 3.66. The van der Waals surface area contributed by atoms with Crippen LogP contribution in [0.15, 0.2) is 71.0 Å². The summed E-state index contributed by atoms with van der Waals surface area (Å²) in [6.07, 6.45) is 0.774. The highest BCUT2D eigenvalue weighted by Gasteiger charge is 2.48. The molecule has 0 saturated heterocycles. The molecule has 2 atom stereocenters. The van der Waals surface area contributed by atoms with E-state index in [1.807, 2.05) is 30.3 Å². The quantitative estimate of drug-likeness (QED) is 0.599. The predicted octanol–water partition coefficient (Wildman–Crippen LogP) is 4.22. The molecule has 1 heterocycles. The van der Waals surface area contributed by atoms with Crippen molar-refractivity contribution >= 4 is 17.1 Å². The van der Waals surface area contributed by atoms with Gasteiger partial charge in [0.2, 0.25) is 0 Å². The Morgan fingerprint density at radius 1 is 1.00 bits per heavy atom.